The molecule has 2 rings (SSSR count). The number of nitrogens with zero attached hydrogens (tertiary/aromatic N) is 2. The van der Waals surface area contributed by atoms with Crippen LogP contribution in [0.25, 0.3) is 11.5 Å². The average Bonchev–Trinajstić information content (AvgIpc) is 2.86. The lowest BCUT2D eigenvalue weighted by Crippen LogP contribution is -1.98. The van der Waals surface area contributed by atoms with E-state index < -0.39 is 4.92 Å². The van der Waals surface area contributed by atoms with Crippen molar-refractivity contribution in [1.82, 2.24) is 5.16 Å². The molecule has 0 aromatic carbocycles. The molecule has 0 fully saturated rings. The van der Waals surface area contributed by atoms with Gasteiger partial charge in [0.15, 0.2) is 11.6 Å². The minimum Gasteiger partial charge on any atom is -0.397 e. The number of hydrogen-bond acceptors (Lipinski definition) is 6. The molecule has 18 heavy (non-hydrogen) atoms. The lowest BCUT2D eigenvalue weighted by atomic mass is 10.0. The van der Waals surface area contributed by atoms with Gasteiger partial charge in [-0.15, -0.1) is 0 Å². The molecule has 96 valence electrons. The van der Waals surface area contributed by atoms with E-state index in [1.807, 2.05) is 13.8 Å². The summed E-state index contributed by atoms with van der Waals surface area (Å²) in [5.74, 6) is 0.930. The normalized spacial score (nSPS) is 11.1. The predicted molar refractivity (Wildman–Crippen MR) is 63.8 cm³/mol. The van der Waals surface area contributed by atoms with Crippen LogP contribution in [-0.2, 0) is 6.42 Å². The molecule has 0 amide bonds. The molecule has 0 unspecified atom stereocenters. The van der Waals surface area contributed by atoms with Gasteiger partial charge in [0, 0.05) is 5.56 Å². The van der Waals surface area contributed by atoms with E-state index in [0.29, 0.717) is 23.7 Å². The second-order valence-electron chi connectivity index (χ2n) is 4.37. The first-order valence-electron chi connectivity index (χ1n) is 5.47. The summed E-state index contributed by atoms with van der Waals surface area (Å²) in [5.41, 5.74) is 6.43. The van der Waals surface area contributed by atoms with E-state index in [0.717, 1.165) is 0 Å². The molecule has 0 bridgehead atoms. The molecule has 0 aliphatic carbocycles. The first kappa shape index (κ1) is 12.2. The Balaban J connectivity index is 2.40. The van der Waals surface area contributed by atoms with E-state index in [1.54, 1.807) is 0 Å². The Kier molecular flexibility index (Phi) is 3.05. The van der Waals surface area contributed by atoms with Gasteiger partial charge in [-0.1, -0.05) is 19.0 Å². The monoisotopic (exact) mass is 251 g/mol. The van der Waals surface area contributed by atoms with Crippen LogP contribution in [0.15, 0.2) is 21.1 Å². The zero-order valence-corrected chi connectivity index (χ0v) is 10.0. The van der Waals surface area contributed by atoms with Gasteiger partial charge < -0.3 is 14.7 Å². The number of nitrogens with two attached hydrogens (primary N) is 1. The van der Waals surface area contributed by atoms with Crippen LogP contribution in [0.2, 0.25) is 0 Å². The summed E-state index contributed by atoms with van der Waals surface area (Å²) < 4.78 is 10.2. The summed E-state index contributed by atoms with van der Waals surface area (Å²) in [6, 6.07) is 2.75. The maximum Gasteiger partial charge on any atom is 0.433 e. The van der Waals surface area contributed by atoms with Crippen molar-refractivity contribution in [3.63, 3.8) is 0 Å². The second-order valence-corrected chi connectivity index (χ2v) is 4.37. The highest BCUT2D eigenvalue weighted by Gasteiger charge is 2.22. The minimum atomic E-state index is -0.606. The Morgan fingerprint density at radius 1 is 1.50 bits per heavy atom. The first-order chi connectivity index (χ1) is 8.49. The molecule has 2 N–H and O–H groups in total. The van der Waals surface area contributed by atoms with E-state index >= 15 is 0 Å². The number of nitro groups is 1. The highest BCUT2D eigenvalue weighted by atomic mass is 16.6. The Bertz CT molecular complexity index is 571. The summed E-state index contributed by atoms with van der Waals surface area (Å²) in [7, 11) is 0. The highest BCUT2D eigenvalue weighted by Crippen LogP contribution is 2.32. The van der Waals surface area contributed by atoms with E-state index in [2.05, 4.69) is 5.16 Å². The maximum absolute atomic E-state index is 10.6. The van der Waals surface area contributed by atoms with Crippen LogP contribution in [0.5, 0.6) is 0 Å². The molecular weight excluding hydrogens is 238 g/mol. The van der Waals surface area contributed by atoms with Crippen LogP contribution >= 0.6 is 0 Å². The van der Waals surface area contributed by atoms with E-state index in [9.17, 15) is 10.1 Å². The zero-order chi connectivity index (χ0) is 13.3. The lowest BCUT2D eigenvalue weighted by molar-refractivity contribution is -0.401. The van der Waals surface area contributed by atoms with Crippen LogP contribution in [0.3, 0.4) is 0 Å². The van der Waals surface area contributed by atoms with Crippen LogP contribution in [0.1, 0.15) is 19.4 Å². The average molecular weight is 251 g/mol. The highest BCUT2D eigenvalue weighted by molar-refractivity contribution is 5.62. The summed E-state index contributed by atoms with van der Waals surface area (Å²) in [4.78, 5) is 9.95. The van der Waals surface area contributed by atoms with E-state index in [-0.39, 0.29) is 17.5 Å². The van der Waals surface area contributed by atoms with Crippen molar-refractivity contribution in [2.45, 2.75) is 20.3 Å². The van der Waals surface area contributed by atoms with Crippen molar-refractivity contribution in [2.24, 2.45) is 5.92 Å². The van der Waals surface area contributed by atoms with Gasteiger partial charge in [-0.3, -0.25) is 10.1 Å². The van der Waals surface area contributed by atoms with Gasteiger partial charge in [0.05, 0.1) is 6.07 Å². The molecule has 0 radical (unpaired) electrons. The summed E-state index contributed by atoms with van der Waals surface area (Å²) in [5, 5.41) is 14.2. The fourth-order valence-corrected chi connectivity index (χ4v) is 1.67. The Labute approximate surface area is 103 Å². The first-order valence-corrected chi connectivity index (χ1v) is 5.47. The largest absolute Gasteiger partial charge is 0.433 e. The van der Waals surface area contributed by atoms with Gasteiger partial charge in [0.25, 0.3) is 0 Å². The SMILES string of the molecule is CC(C)Cc1c(N)noc1-c1ccc([N+](=O)[O-])o1. The summed E-state index contributed by atoms with van der Waals surface area (Å²) in [6.07, 6.45) is 0.666. The van der Waals surface area contributed by atoms with Crippen LogP contribution in [-0.4, -0.2) is 10.1 Å². The third-order valence-corrected chi connectivity index (χ3v) is 2.43. The van der Waals surface area contributed by atoms with Gasteiger partial charge in [-0.05, 0) is 18.4 Å². The predicted octanol–water partition coefficient (Wildman–Crippen LogP) is 2.62. The molecule has 0 aliphatic heterocycles. The van der Waals surface area contributed by atoms with Crippen molar-refractivity contribution in [3.8, 4) is 11.5 Å². The maximum atomic E-state index is 10.6. The second kappa shape index (κ2) is 4.52. The van der Waals surface area contributed by atoms with Gasteiger partial charge in [-0.25, -0.2) is 0 Å². The molecule has 0 atom stereocenters. The molecule has 2 aromatic rings. The van der Waals surface area contributed by atoms with Crippen molar-refractivity contribution >= 4 is 11.7 Å². The Morgan fingerprint density at radius 2 is 2.22 bits per heavy atom. The van der Waals surface area contributed by atoms with Crippen molar-refractivity contribution in [3.05, 3.63) is 27.8 Å². The van der Waals surface area contributed by atoms with Crippen molar-refractivity contribution < 1.29 is 13.9 Å². The van der Waals surface area contributed by atoms with Crippen LogP contribution in [0, 0.1) is 16.0 Å². The molecule has 7 heteroatoms. The summed E-state index contributed by atoms with van der Waals surface area (Å²) >= 11 is 0. The van der Waals surface area contributed by atoms with E-state index in [4.69, 9.17) is 14.7 Å². The molecule has 0 spiro atoms. The number of rotatable bonds is 4. The number of furan rings is 1. The van der Waals surface area contributed by atoms with E-state index in [1.165, 1.54) is 12.1 Å². The molecule has 0 aliphatic rings. The Morgan fingerprint density at radius 3 is 2.78 bits per heavy atom. The van der Waals surface area contributed by atoms with Gasteiger partial charge >= 0.3 is 5.88 Å². The molecule has 0 saturated carbocycles. The van der Waals surface area contributed by atoms with Crippen LogP contribution < -0.4 is 5.73 Å². The molecule has 7 nitrogen and oxygen atoms in total. The van der Waals surface area contributed by atoms with Gasteiger partial charge in [0.2, 0.25) is 5.76 Å². The fraction of sp³-hybridized carbons (Fsp3) is 0.364. The number of hydrogen-bond donors (Lipinski definition) is 1. The van der Waals surface area contributed by atoms with Crippen molar-refractivity contribution in [1.29, 1.82) is 0 Å². The number of anilines is 1. The quantitative estimate of drug-likeness (QED) is 0.660. The standard InChI is InChI=1S/C11H13N3O4/c1-6(2)5-7-10(18-13-11(7)12)8-3-4-9(17-8)14(15)16/h3-4,6H,5H2,1-2H3,(H2,12,13). The third-order valence-electron chi connectivity index (χ3n) is 2.43. The summed E-state index contributed by atoms with van der Waals surface area (Å²) in [6.45, 7) is 4.06. The molecular formula is C11H13N3O4. The van der Waals surface area contributed by atoms with Gasteiger partial charge in [-0.2, -0.15) is 0 Å². The lowest BCUT2D eigenvalue weighted by Gasteiger charge is -2.03. The molecule has 2 heterocycles. The van der Waals surface area contributed by atoms with Gasteiger partial charge in [0.1, 0.15) is 4.92 Å². The van der Waals surface area contributed by atoms with Crippen LogP contribution in [0.4, 0.5) is 11.7 Å². The molecule has 0 saturated heterocycles. The number of aromatic nitrogens is 1. The van der Waals surface area contributed by atoms with Crippen molar-refractivity contribution in [2.75, 3.05) is 5.73 Å². The number of nitrogen functional groups attached to an aromatic ring is 1. The minimum absolute atomic E-state index is 0.265. The zero-order valence-electron chi connectivity index (χ0n) is 10.0. The topological polar surface area (TPSA) is 108 Å². The fourth-order valence-electron chi connectivity index (χ4n) is 1.67. The smallest absolute Gasteiger partial charge is 0.397 e. The third kappa shape index (κ3) is 2.20. The Hall–Kier alpha value is -2.31. The molecule has 2 aromatic heterocycles.